The first-order valence-electron chi connectivity index (χ1n) is 19.7. The molecule has 10 nitrogen and oxygen atoms in total. The van der Waals surface area contributed by atoms with Gasteiger partial charge in [0.25, 0.3) is 0 Å². The van der Waals surface area contributed by atoms with Gasteiger partial charge in [-0.3, -0.25) is 9.80 Å². The number of rotatable bonds is 11. The monoisotopic (exact) mass is 703 g/mol. The summed E-state index contributed by atoms with van der Waals surface area (Å²) < 4.78 is 2.56. The molecule has 6 atom stereocenters. The molecule has 3 aliphatic heterocycles. The quantitative estimate of drug-likeness (QED) is 0.0984. The zero-order valence-corrected chi connectivity index (χ0v) is 31.5. The summed E-state index contributed by atoms with van der Waals surface area (Å²) in [6.07, 6.45) is 9.59. The van der Waals surface area contributed by atoms with E-state index in [0.29, 0.717) is 18.0 Å². The number of hydrogen-bond acceptors (Lipinski definition) is 7. The molecule has 0 radical (unpaired) electrons. The number of nitrogens with zero attached hydrogens (tertiary/aromatic N) is 5. The molecular weight excluding hydrogens is 647 g/mol. The third-order valence-corrected chi connectivity index (χ3v) is 12.4. The van der Waals surface area contributed by atoms with Gasteiger partial charge in [-0.05, 0) is 92.3 Å². The van der Waals surface area contributed by atoms with Gasteiger partial charge in [-0.25, -0.2) is 9.97 Å². The summed E-state index contributed by atoms with van der Waals surface area (Å²) in [6, 6.07) is 16.7. The summed E-state index contributed by atoms with van der Waals surface area (Å²) in [4.78, 5) is 21.7. The minimum absolute atomic E-state index is 0.0326. The van der Waals surface area contributed by atoms with Crippen LogP contribution in [0.2, 0.25) is 0 Å². The van der Waals surface area contributed by atoms with Crippen LogP contribution < -0.4 is 11.5 Å². The highest BCUT2D eigenvalue weighted by atomic mass is 16.3. The molecule has 0 spiro atoms. The Balaban J connectivity index is 1.05. The van der Waals surface area contributed by atoms with E-state index in [4.69, 9.17) is 21.4 Å². The standard InChI is InChI=1S/C42H57N9O/c1-6-30-19-28-17-26(33-21-45-40(47-33)36-9-7-15-49(36)23-32(43)24(2)3)11-13-31(28)38-20-29-18-27(12-14-35(29)51(30)38)34-22-46-41(48-34)37-10-8-16-50(37)42(52)39(44)25(4)5/h11-14,17-18,20-22,24-25,30,32,36-37,39,42,52H,6-10,15-16,19,23,43-44H2,1-5H3,(H,45,47)(H,46,48). The lowest BCUT2D eigenvalue weighted by Gasteiger charge is -2.33. The molecule has 276 valence electrons. The van der Waals surface area contributed by atoms with Crippen molar-refractivity contribution < 1.29 is 5.11 Å². The van der Waals surface area contributed by atoms with Crippen molar-refractivity contribution in [1.82, 2.24) is 34.3 Å². The molecule has 52 heavy (non-hydrogen) atoms. The van der Waals surface area contributed by atoms with E-state index in [1.807, 2.05) is 12.4 Å². The van der Waals surface area contributed by atoms with Crippen molar-refractivity contribution in [2.24, 2.45) is 23.3 Å². The van der Waals surface area contributed by atoms with E-state index in [2.05, 4.69) is 101 Å². The second-order valence-corrected chi connectivity index (χ2v) is 16.4. The Morgan fingerprint density at radius 2 is 1.52 bits per heavy atom. The van der Waals surface area contributed by atoms with Crippen molar-refractivity contribution in [1.29, 1.82) is 0 Å². The number of aromatic nitrogens is 5. The first kappa shape index (κ1) is 35.2. The van der Waals surface area contributed by atoms with Crippen LogP contribution in [0.1, 0.15) is 102 Å². The van der Waals surface area contributed by atoms with Crippen LogP contribution in [0.4, 0.5) is 0 Å². The highest BCUT2D eigenvalue weighted by Gasteiger charge is 2.36. The van der Waals surface area contributed by atoms with Gasteiger partial charge in [0.2, 0.25) is 0 Å². The fraction of sp³-hybridized carbons (Fsp3) is 0.524. The molecule has 6 unspecified atom stereocenters. The molecule has 0 bridgehead atoms. The molecule has 10 heteroatoms. The Kier molecular flexibility index (Phi) is 9.63. The molecule has 2 fully saturated rings. The fourth-order valence-corrected chi connectivity index (χ4v) is 8.96. The van der Waals surface area contributed by atoms with Gasteiger partial charge in [0, 0.05) is 58.9 Å². The topological polar surface area (TPSA) is 141 Å². The molecule has 5 aromatic rings. The van der Waals surface area contributed by atoms with Gasteiger partial charge < -0.3 is 31.1 Å². The van der Waals surface area contributed by atoms with Crippen LogP contribution >= 0.6 is 0 Å². The van der Waals surface area contributed by atoms with Crippen molar-refractivity contribution in [2.75, 3.05) is 19.6 Å². The van der Waals surface area contributed by atoms with Crippen LogP contribution in [0, 0.1) is 11.8 Å². The zero-order valence-electron chi connectivity index (χ0n) is 31.5. The SMILES string of the molecule is CCC1Cc2cc(-c3cnc(C4CCCN4CC(N)C(C)C)[nH]3)ccc2-c2cc3cc(-c4cnc(C5CCCN5C(O)C(N)C(C)C)[nH]4)ccc3n21. The summed E-state index contributed by atoms with van der Waals surface area (Å²) in [6.45, 7) is 13.6. The molecule has 3 aromatic heterocycles. The number of imidazole rings is 2. The number of likely N-dealkylation sites (tertiary alicyclic amines) is 2. The van der Waals surface area contributed by atoms with Gasteiger partial charge in [0.15, 0.2) is 0 Å². The lowest BCUT2D eigenvalue weighted by Crippen LogP contribution is -2.50. The predicted octanol–water partition coefficient (Wildman–Crippen LogP) is 7.15. The molecular formula is C42H57N9O. The van der Waals surface area contributed by atoms with E-state index in [1.165, 1.54) is 39.7 Å². The third kappa shape index (κ3) is 6.32. The maximum Gasteiger partial charge on any atom is 0.124 e. The maximum absolute atomic E-state index is 11.1. The van der Waals surface area contributed by atoms with Crippen LogP contribution in [-0.4, -0.2) is 77.4 Å². The second-order valence-electron chi connectivity index (χ2n) is 16.4. The molecule has 0 aliphatic carbocycles. The Labute approximate surface area is 308 Å². The summed E-state index contributed by atoms with van der Waals surface area (Å²) in [7, 11) is 0. The molecule has 8 rings (SSSR count). The van der Waals surface area contributed by atoms with Gasteiger partial charge in [-0.2, -0.15) is 0 Å². The average molecular weight is 704 g/mol. The van der Waals surface area contributed by atoms with Crippen molar-refractivity contribution in [2.45, 2.75) is 110 Å². The zero-order chi connectivity index (χ0) is 36.3. The summed E-state index contributed by atoms with van der Waals surface area (Å²) in [5.74, 6) is 2.62. The molecule has 2 saturated heterocycles. The number of nitrogens with one attached hydrogen (secondary N) is 2. The molecule has 7 N–H and O–H groups in total. The van der Waals surface area contributed by atoms with E-state index in [9.17, 15) is 5.11 Å². The molecule has 2 aromatic carbocycles. The Morgan fingerprint density at radius 3 is 2.23 bits per heavy atom. The largest absolute Gasteiger partial charge is 0.377 e. The van der Waals surface area contributed by atoms with Crippen LogP contribution in [0.15, 0.2) is 54.9 Å². The van der Waals surface area contributed by atoms with E-state index in [0.717, 1.165) is 80.3 Å². The van der Waals surface area contributed by atoms with Gasteiger partial charge >= 0.3 is 0 Å². The molecule has 0 amide bonds. The van der Waals surface area contributed by atoms with Crippen LogP contribution in [0.25, 0.3) is 44.7 Å². The number of aromatic amines is 2. The third-order valence-electron chi connectivity index (χ3n) is 12.4. The number of hydrogen-bond donors (Lipinski definition) is 5. The number of H-pyrrole nitrogens is 2. The van der Waals surface area contributed by atoms with Crippen molar-refractivity contribution in [3.63, 3.8) is 0 Å². The van der Waals surface area contributed by atoms with Crippen molar-refractivity contribution >= 4 is 10.9 Å². The molecule has 3 aliphatic rings. The Hall–Kier alpha value is -3.80. The lowest BCUT2D eigenvalue weighted by molar-refractivity contribution is -0.0351. The predicted molar refractivity (Wildman–Crippen MR) is 209 cm³/mol. The Bertz CT molecular complexity index is 2020. The normalized spacial score (nSPS) is 22.8. The van der Waals surface area contributed by atoms with Crippen LogP contribution in [0.3, 0.4) is 0 Å². The first-order chi connectivity index (χ1) is 25.1. The second kappa shape index (κ2) is 14.2. The number of nitrogens with two attached hydrogens (primary N) is 2. The van der Waals surface area contributed by atoms with Crippen LogP contribution in [-0.2, 0) is 6.42 Å². The summed E-state index contributed by atoms with van der Waals surface area (Å²) in [5, 5.41) is 12.3. The fourth-order valence-electron chi connectivity index (χ4n) is 8.96. The molecule has 0 saturated carbocycles. The number of aliphatic hydroxyl groups is 1. The van der Waals surface area contributed by atoms with E-state index in [1.54, 1.807) is 0 Å². The van der Waals surface area contributed by atoms with E-state index < -0.39 is 6.23 Å². The number of benzene rings is 2. The van der Waals surface area contributed by atoms with Crippen molar-refractivity contribution in [3.05, 3.63) is 72.1 Å². The van der Waals surface area contributed by atoms with Gasteiger partial charge in [-0.15, -0.1) is 0 Å². The maximum atomic E-state index is 11.1. The summed E-state index contributed by atoms with van der Waals surface area (Å²) in [5.41, 5.74) is 22.5. The number of fused-ring (bicyclic) bond motifs is 5. The highest BCUT2D eigenvalue weighted by molar-refractivity contribution is 5.92. The highest BCUT2D eigenvalue weighted by Crippen LogP contribution is 2.43. The minimum atomic E-state index is -0.685. The minimum Gasteiger partial charge on any atom is -0.377 e. The van der Waals surface area contributed by atoms with E-state index >= 15 is 0 Å². The average Bonchev–Trinajstić information content (AvgIpc) is 3.99. The van der Waals surface area contributed by atoms with Gasteiger partial charge in [-0.1, -0.05) is 52.8 Å². The van der Waals surface area contributed by atoms with Crippen LogP contribution in [0.5, 0.6) is 0 Å². The smallest absolute Gasteiger partial charge is 0.124 e. The number of aliphatic hydroxyl groups excluding tert-OH is 1. The van der Waals surface area contributed by atoms with E-state index in [-0.39, 0.29) is 24.0 Å². The Morgan fingerprint density at radius 1 is 0.846 bits per heavy atom. The van der Waals surface area contributed by atoms with Gasteiger partial charge in [0.05, 0.1) is 35.9 Å². The van der Waals surface area contributed by atoms with Gasteiger partial charge in [0.1, 0.15) is 17.9 Å². The molecule has 6 heterocycles. The van der Waals surface area contributed by atoms with Crippen molar-refractivity contribution in [3.8, 4) is 33.8 Å². The summed E-state index contributed by atoms with van der Waals surface area (Å²) >= 11 is 0. The lowest BCUT2D eigenvalue weighted by atomic mass is 9.90. The first-order valence-corrected chi connectivity index (χ1v) is 19.7.